The van der Waals surface area contributed by atoms with Gasteiger partial charge in [0.25, 0.3) is 0 Å². The molecule has 2 amide bonds. The van der Waals surface area contributed by atoms with Gasteiger partial charge in [-0.15, -0.1) is 0 Å². The molecule has 0 aromatic heterocycles. The molecule has 0 saturated carbocycles. The zero-order chi connectivity index (χ0) is 12.1. The van der Waals surface area contributed by atoms with Gasteiger partial charge < -0.3 is 5.11 Å². The standard InChI is InChI=1S/C10H15NO4S/c1-7(10(14)15)6-16-5-4-11-8(12)2-3-9(11)13/h7H,2-6H2,1H3,(H,14,15). The number of rotatable bonds is 6. The van der Waals surface area contributed by atoms with Gasteiger partial charge in [-0.2, -0.15) is 11.8 Å². The highest BCUT2D eigenvalue weighted by atomic mass is 32.2. The fourth-order valence-corrected chi connectivity index (χ4v) is 2.33. The Balaban J connectivity index is 2.18. The van der Waals surface area contributed by atoms with Crippen molar-refractivity contribution in [1.29, 1.82) is 0 Å². The van der Waals surface area contributed by atoms with Crippen LogP contribution in [0.15, 0.2) is 0 Å². The van der Waals surface area contributed by atoms with E-state index in [2.05, 4.69) is 0 Å². The Morgan fingerprint density at radius 1 is 1.44 bits per heavy atom. The molecule has 1 atom stereocenters. The third-order valence-corrected chi connectivity index (χ3v) is 3.61. The second-order valence-electron chi connectivity index (χ2n) is 3.75. The third kappa shape index (κ3) is 3.52. The van der Waals surface area contributed by atoms with E-state index in [4.69, 9.17) is 5.11 Å². The Labute approximate surface area is 98.2 Å². The molecule has 0 spiro atoms. The number of carboxylic acids is 1. The fourth-order valence-electron chi connectivity index (χ4n) is 1.36. The molecule has 1 N–H and O–H groups in total. The van der Waals surface area contributed by atoms with E-state index in [9.17, 15) is 14.4 Å². The van der Waals surface area contributed by atoms with Gasteiger partial charge in [0.15, 0.2) is 0 Å². The van der Waals surface area contributed by atoms with Crippen molar-refractivity contribution in [1.82, 2.24) is 4.90 Å². The molecule has 1 unspecified atom stereocenters. The number of imide groups is 1. The summed E-state index contributed by atoms with van der Waals surface area (Å²) in [5.74, 6) is -0.328. The van der Waals surface area contributed by atoms with Gasteiger partial charge in [0.2, 0.25) is 11.8 Å². The maximum absolute atomic E-state index is 11.2. The maximum atomic E-state index is 11.2. The lowest BCUT2D eigenvalue weighted by Crippen LogP contribution is -2.31. The summed E-state index contributed by atoms with van der Waals surface area (Å²) >= 11 is 1.45. The van der Waals surface area contributed by atoms with Crippen molar-refractivity contribution >= 4 is 29.5 Å². The highest BCUT2D eigenvalue weighted by molar-refractivity contribution is 7.99. The zero-order valence-corrected chi connectivity index (χ0v) is 9.96. The van der Waals surface area contributed by atoms with E-state index in [0.717, 1.165) is 0 Å². The molecular formula is C10H15NO4S. The number of carbonyl (C=O) groups is 3. The number of aliphatic carboxylic acids is 1. The van der Waals surface area contributed by atoms with Crippen LogP contribution in [-0.2, 0) is 14.4 Å². The van der Waals surface area contributed by atoms with Crippen LogP contribution in [-0.4, -0.2) is 45.8 Å². The fraction of sp³-hybridized carbons (Fsp3) is 0.700. The predicted molar refractivity (Wildman–Crippen MR) is 60.1 cm³/mol. The van der Waals surface area contributed by atoms with Crippen molar-refractivity contribution in [3.63, 3.8) is 0 Å². The normalized spacial score (nSPS) is 17.9. The van der Waals surface area contributed by atoms with Gasteiger partial charge in [-0.3, -0.25) is 19.3 Å². The first-order valence-corrected chi connectivity index (χ1v) is 6.31. The minimum Gasteiger partial charge on any atom is -0.481 e. The van der Waals surface area contributed by atoms with Crippen molar-refractivity contribution < 1.29 is 19.5 Å². The summed E-state index contributed by atoms with van der Waals surface area (Å²) in [6, 6.07) is 0. The van der Waals surface area contributed by atoms with Crippen molar-refractivity contribution in [3.05, 3.63) is 0 Å². The lowest BCUT2D eigenvalue weighted by molar-refractivity contribution is -0.140. The van der Waals surface area contributed by atoms with E-state index in [1.165, 1.54) is 16.7 Å². The van der Waals surface area contributed by atoms with Gasteiger partial charge in [0.1, 0.15) is 0 Å². The molecule has 1 saturated heterocycles. The molecule has 16 heavy (non-hydrogen) atoms. The SMILES string of the molecule is CC(CSCCN1C(=O)CCC1=O)C(=O)O. The van der Waals surface area contributed by atoms with E-state index < -0.39 is 11.9 Å². The van der Waals surface area contributed by atoms with Crippen LogP contribution in [0.4, 0.5) is 0 Å². The topological polar surface area (TPSA) is 74.7 Å². The highest BCUT2D eigenvalue weighted by Crippen LogP contribution is 2.14. The Bertz CT molecular complexity index is 289. The number of nitrogens with zero attached hydrogens (tertiary/aromatic N) is 1. The van der Waals surface area contributed by atoms with E-state index in [-0.39, 0.29) is 11.8 Å². The molecule has 0 radical (unpaired) electrons. The predicted octanol–water partition coefficient (Wildman–Crippen LogP) is 0.589. The lowest BCUT2D eigenvalue weighted by Gasteiger charge is -2.13. The van der Waals surface area contributed by atoms with Crippen LogP contribution < -0.4 is 0 Å². The number of amides is 2. The average Bonchev–Trinajstić information content (AvgIpc) is 2.54. The van der Waals surface area contributed by atoms with Crippen LogP contribution in [0.25, 0.3) is 0 Å². The van der Waals surface area contributed by atoms with Crippen LogP contribution >= 0.6 is 11.8 Å². The van der Waals surface area contributed by atoms with Gasteiger partial charge in [0, 0.05) is 30.9 Å². The van der Waals surface area contributed by atoms with Crippen LogP contribution in [0.5, 0.6) is 0 Å². The minimum absolute atomic E-state index is 0.114. The van der Waals surface area contributed by atoms with E-state index >= 15 is 0 Å². The first kappa shape index (κ1) is 13.0. The van der Waals surface area contributed by atoms with Gasteiger partial charge in [-0.1, -0.05) is 6.92 Å². The summed E-state index contributed by atoms with van der Waals surface area (Å²) in [5.41, 5.74) is 0. The van der Waals surface area contributed by atoms with E-state index in [1.54, 1.807) is 6.92 Å². The average molecular weight is 245 g/mol. The second kappa shape index (κ2) is 5.89. The molecule has 5 nitrogen and oxygen atoms in total. The Kier molecular flexibility index (Phi) is 4.79. The number of likely N-dealkylation sites (tertiary alicyclic amines) is 1. The Morgan fingerprint density at radius 3 is 2.50 bits per heavy atom. The van der Waals surface area contributed by atoms with Crippen LogP contribution in [0, 0.1) is 5.92 Å². The molecule has 1 rings (SSSR count). The van der Waals surface area contributed by atoms with Crippen LogP contribution in [0.2, 0.25) is 0 Å². The molecule has 90 valence electrons. The smallest absolute Gasteiger partial charge is 0.307 e. The van der Waals surface area contributed by atoms with Gasteiger partial charge >= 0.3 is 5.97 Å². The number of thioether (sulfide) groups is 1. The number of hydrogen-bond donors (Lipinski definition) is 1. The minimum atomic E-state index is -0.819. The summed E-state index contributed by atoms with van der Waals surface area (Å²) in [7, 11) is 0. The second-order valence-corrected chi connectivity index (χ2v) is 4.90. The first-order valence-electron chi connectivity index (χ1n) is 5.16. The summed E-state index contributed by atoms with van der Waals surface area (Å²) in [6.07, 6.45) is 0.629. The van der Waals surface area contributed by atoms with Gasteiger partial charge in [-0.25, -0.2) is 0 Å². The maximum Gasteiger partial charge on any atom is 0.307 e. The number of hydrogen-bond acceptors (Lipinski definition) is 4. The monoisotopic (exact) mass is 245 g/mol. The quantitative estimate of drug-likeness (QED) is 0.547. The summed E-state index contributed by atoms with van der Waals surface area (Å²) in [6.45, 7) is 2.04. The van der Waals surface area contributed by atoms with E-state index in [0.29, 0.717) is 30.9 Å². The molecule has 1 aliphatic rings. The van der Waals surface area contributed by atoms with Crippen molar-refractivity contribution in [3.8, 4) is 0 Å². The molecule has 0 bridgehead atoms. The number of carboxylic acid groups (broad SMARTS) is 1. The van der Waals surface area contributed by atoms with Crippen molar-refractivity contribution in [2.75, 3.05) is 18.1 Å². The highest BCUT2D eigenvalue weighted by Gasteiger charge is 2.28. The zero-order valence-electron chi connectivity index (χ0n) is 9.14. The molecule has 1 heterocycles. The van der Waals surface area contributed by atoms with Crippen LogP contribution in [0.1, 0.15) is 19.8 Å². The van der Waals surface area contributed by atoms with E-state index in [1.807, 2.05) is 0 Å². The Hall–Kier alpha value is -1.04. The molecule has 6 heteroatoms. The summed E-state index contributed by atoms with van der Waals surface area (Å²) < 4.78 is 0. The largest absolute Gasteiger partial charge is 0.481 e. The number of carbonyl (C=O) groups excluding carboxylic acids is 2. The molecule has 0 aliphatic carbocycles. The molecule has 1 fully saturated rings. The molecule has 0 aromatic carbocycles. The third-order valence-electron chi connectivity index (χ3n) is 2.40. The summed E-state index contributed by atoms with van der Waals surface area (Å²) in [4.78, 5) is 34.2. The molecular weight excluding hydrogens is 230 g/mol. The molecule has 0 aromatic rings. The van der Waals surface area contributed by atoms with Crippen molar-refractivity contribution in [2.45, 2.75) is 19.8 Å². The lowest BCUT2D eigenvalue weighted by atomic mass is 10.2. The van der Waals surface area contributed by atoms with Crippen LogP contribution in [0.3, 0.4) is 0 Å². The van der Waals surface area contributed by atoms with Gasteiger partial charge in [-0.05, 0) is 0 Å². The first-order chi connectivity index (χ1) is 7.52. The summed E-state index contributed by atoms with van der Waals surface area (Å²) in [5, 5.41) is 8.64. The molecule has 1 aliphatic heterocycles. The Morgan fingerprint density at radius 2 is 2.00 bits per heavy atom. The van der Waals surface area contributed by atoms with Gasteiger partial charge in [0.05, 0.1) is 5.92 Å². The van der Waals surface area contributed by atoms with Crippen molar-refractivity contribution in [2.24, 2.45) is 5.92 Å².